The van der Waals surface area contributed by atoms with Crippen LogP contribution in [0.25, 0.3) is 11.0 Å². The molecule has 0 radical (unpaired) electrons. The quantitative estimate of drug-likeness (QED) is 0.835. The highest BCUT2D eigenvalue weighted by atomic mass is 16.5. The molecule has 4 heteroatoms. The van der Waals surface area contributed by atoms with Crippen molar-refractivity contribution in [1.29, 1.82) is 0 Å². The van der Waals surface area contributed by atoms with Gasteiger partial charge in [-0.25, -0.2) is 4.98 Å². The van der Waals surface area contributed by atoms with Crippen molar-refractivity contribution >= 4 is 11.0 Å². The van der Waals surface area contributed by atoms with Gasteiger partial charge in [0.25, 0.3) is 0 Å². The molecule has 0 aliphatic carbocycles. The van der Waals surface area contributed by atoms with Crippen molar-refractivity contribution in [2.24, 2.45) is 0 Å². The molecule has 2 N–H and O–H groups in total. The van der Waals surface area contributed by atoms with E-state index in [1.54, 1.807) is 0 Å². The number of fused-ring (bicyclic) bond motifs is 3. The fraction of sp³-hybridized carbons (Fsp3) is 0.562. The molecule has 1 saturated heterocycles. The molecule has 1 fully saturated rings. The lowest BCUT2D eigenvalue weighted by atomic mass is 9.87. The molecule has 2 aliphatic rings. The molecule has 4 nitrogen and oxygen atoms in total. The molecule has 0 bridgehead atoms. The number of nitrogens with zero attached hydrogens (tertiary/aromatic N) is 1. The minimum absolute atomic E-state index is 0.672. The van der Waals surface area contributed by atoms with Crippen LogP contribution in [0.4, 0.5) is 0 Å². The van der Waals surface area contributed by atoms with Gasteiger partial charge in [-0.1, -0.05) is 0 Å². The number of aromatic amines is 1. The van der Waals surface area contributed by atoms with Gasteiger partial charge in [-0.15, -0.1) is 0 Å². The van der Waals surface area contributed by atoms with Crippen LogP contribution in [0.1, 0.15) is 35.6 Å². The molecule has 2 aliphatic heterocycles. The van der Waals surface area contributed by atoms with E-state index in [0.29, 0.717) is 5.92 Å². The predicted octanol–water partition coefficient (Wildman–Crippen LogP) is 2.15. The van der Waals surface area contributed by atoms with Gasteiger partial charge in [0.2, 0.25) is 0 Å². The summed E-state index contributed by atoms with van der Waals surface area (Å²) in [5.41, 5.74) is 5.37. The number of aromatic nitrogens is 2. The Morgan fingerprint density at radius 3 is 2.90 bits per heavy atom. The largest absolute Gasteiger partial charge is 0.381 e. The molecule has 0 amide bonds. The molecule has 0 saturated carbocycles. The molecule has 0 spiro atoms. The van der Waals surface area contributed by atoms with Crippen molar-refractivity contribution in [3.05, 3.63) is 29.1 Å². The average molecular weight is 271 g/mol. The van der Waals surface area contributed by atoms with E-state index in [9.17, 15) is 0 Å². The van der Waals surface area contributed by atoms with Crippen LogP contribution < -0.4 is 5.32 Å². The van der Waals surface area contributed by atoms with Gasteiger partial charge in [-0.05, 0) is 55.5 Å². The topological polar surface area (TPSA) is 49.9 Å². The molecule has 20 heavy (non-hydrogen) atoms. The first-order valence-corrected chi connectivity index (χ1v) is 7.70. The van der Waals surface area contributed by atoms with Gasteiger partial charge in [-0.3, -0.25) is 0 Å². The number of hydrogen-bond acceptors (Lipinski definition) is 3. The Bertz CT molecular complexity index is 613. The van der Waals surface area contributed by atoms with E-state index in [2.05, 4.69) is 21.4 Å². The summed E-state index contributed by atoms with van der Waals surface area (Å²) in [6.07, 6.45) is 6.42. The Hall–Kier alpha value is -1.39. The lowest BCUT2D eigenvalue weighted by Gasteiger charge is -2.23. The first-order chi connectivity index (χ1) is 9.93. The smallest absolute Gasteiger partial charge is 0.138 e. The second-order valence-electron chi connectivity index (χ2n) is 5.84. The van der Waals surface area contributed by atoms with Gasteiger partial charge in [0.1, 0.15) is 5.65 Å². The third-order valence-electron chi connectivity index (χ3n) is 4.69. The summed E-state index contributed by atoms with van der Waals surface area (Å²) in [6, 6.07) is 2.23. The molecule has 2 aromatic rings. The van der Waals surface area contributed by atoms with Gasteiger partial charge in [-0.2, -0.15) is 0 Å². The zero-order valence-electron chi connectivity index (χ0n) is 11.7. The number of nitrogens with one attached hydrogen (secondary N) is 2. The van der Waals surface area contributed by atoms with Crippen LogP contribution in [0.15, 0.2) is 12.3 Å². The highest BCUT2D eigenvalue weighted by Crippen LogP contribution is 2.34. The highest BCUT2D eigenvalue weighted by Gasteiger charge is 2.22. The van der Waals surface area contributed by atoms with Crippen LogP contribution in [0.3, 0.4) is 0 Å². The summed E-state index contributed by atoms with van der Waals surface area (Å²) in [7, 11) is 0. The van der Waals surface area contributed by atoms with Crippen molar-refractivity contribution in [3.8, 4) is 0 Å². The van der Waals surface area contributed by atoms with Crippen LogP contribution in [0, 0.1) is 0 Å². The number of ether oxygens (including phenoxy) is 1. The minimum atomic E-state index is 0.672. The Balaban J connectivity index is 1.85. The van der Waals surface area contributed by atoms with Gasteiger partial charge in [0.05, 0.1) is 13.2 Å². The fourth-order valence-electron chi connectivity index (χ4n) is 3.67. The van der Waals surface area contributed by atoms with Crippen molar-refractivity contribution in [3.63, 3.8) is 0 Å². The van der Waals surface area contributed by atoms with Crippen LogP contribution >= 0.6 is 0 Å². The number of H-pyrrole nitrogens is 1. The summed E-state index contributed by atoms with van der Waals surface area (Å²) in [5, 5.41) is 4.84. The number of piperidine rings is 1. The molecule has 4 rings (SSSR count). The fourth-order valence-corrected chi connectivity index (χ4v) is 3.67. The SMILES string of the molecule is c1cc(C2CCNCC2)c2c3c([nH]c2n1)CCOCC3. The van der Waals surface area contributed by atoms with Crippen molar-refractivity contribution in [2.45, 2.75) is 31.6 Å². The summed E-state index contributed by atoms with van der Waals surface area (Å²) >= 11 is 0. The van der Waals surface area contributed by atoms with Gasteiger partial charge in [0.15, 0.2) is 0 Å². The second kappa shape index (κ2) is 5.19. The highest BCUT2D eigenvalue weighted by molar-refractivity contribution is 5.85. The summed E-state index contributed by atoms with van der Waals surface area (Å²) in [6.45, 7) is 3.91. The van der Waals surface area contributed by atoms with E-state index in [4.69, 9.17) is 4.74 Å². The van der Waals surface area contributed by atoms with Gasteiger partial charge in [0, 0.05) is 23.7 Å². The molecule has 0 unspecified atom stereocenters. The van der Waals surface area contributed by atoms with E-state index < -0.39 is 0 Å². The lowest BCUT2D eigenvalue weighted by molar-refractivity contribution is 0.146. The predicted molar refractivity (Wildman–Crippen MR) is 79.2 cm³/mol. The Morgan fingerprint density at radius 1 is 1.15 bits per heavy atom. The third-order valence-corrected chi connectivity index (χ3v) is 4.69. The maximum atomic E-state index is 5.62. The Labute approximate surface area is 118 Å². The van der Waals surface area contributed by atoms with Crippen LogP contribution in [-0.4, -0.2) is 36.3 Å². The van der Waals surface area contributed by atoms with E-state index in [1.165, 1.54) is 35.0 Å². The van der Waals surface area contributed by atoms with Gasteiger partial charge >= 0.3 is 0 Å². The molecular weight excluding hydrogens is 250 g/mol. The summed E-state index contributed by atoms with van der Waals surface area (Å²) in [5.74, 6) is 0.672. The second-order valence-corrected chi connectivity index (χ2v) is 5.84. The molecule has 2 aromatic heterocycles. The zero-order valence-corrected chi connectivity index (χ0v) is 11.7. The molecular formula is C16H21N3O. The number of rotatable bonds is 1. The van der Waals surface area contributed by atoms with Crippen LogP contribution in [0.2, 0.25) is 0 Å². The van der Waals surface area contributed by atoms with Gasteiger partial charge < -0.3 is 15.0 Å². The van der Waals surface area contributed by atoms with E-state index >= 15 is 0 Å². The Morgan fingerprint density at radius 2 is 2.00 bits per heavy atom. The lowest BCUT2D eigenvalue weighted by Crippen LogP contribution is -2.26. The Kier molecular flexibility index (Phi) is 3.20. The molecule has 0 aromatic carbocycles. The molecule has 0 atom stereocenters. The number of pyridine rings is 1. The summed E-state index contributed by atoms with van der Waals surface area (Å²) in [4.78, 5) is 8.09. The number of hydrogen-bond donors (Lipinski definition) is 2. The molecule has 106 valence electrons. The van der Waals surface area contributed by atoms with Crippen molar-refractivity contribution in [1.82, 2.24) is 15.3 Å². The van der Waals surface area contributed by atoms with E-state index in [1.807, 2.05) is 6.20 Å². The normalized spacial score (nSPS) is 20.8. The third kappa shape index (κ3) is 2.03. The van der Waals surface area contributed by atoms with E-state index in [0.717, 1.165) is 44.8 Å². The maximum absolute atomic E-state index is 5.62. The first-order valence-electron chi connectivity index (χ1n) is 7.70. The first kappa shape index (κ1) is 12.4. The zero-order chi connectivity index (χ0) is 13.4. The molecule has 4 heterocycles. The average Bonchev–Trinajstić information content (AvgIpc) is 2.70. The maximum Gasteiger partial charge on any atom is 0.138 e. The standard InChI is InChI=1S/C16H21N3O/c1-6-17-7-2-11(1)12-3-8-18-16-15(12)13-4-9-20-10-5-14(13)19-16/h3,8,11,17H,1-2,4-7,9-10H2,(H,18,19). The summed E-state index contributed by atoms with van der Waals surface area (Å²) < 4.78 is 5.62. The van der Waals surface area contributed by atoms with E-state index in [-0.39, 0.29) is 0 Å². The van der Waals surface area contributed by atoms with Crippen LogP contribution in [-0.2, 0) is 17.6 Å². The van der Waals surface area contributed by atoms with Crippen LogP contribution in [0.5, 0.6) is 0 Å². The van der Waals surface area contributed by atoms with Crippen molar-refractivity contribution in [2.75, 3.05) is 26.3 Å². The minimum Gasteiger partial charge on any atom is -0.381 e. The van der Waals surface area contributed by atoms with Crippen molar-refractivity contribution < 1.29 is 4.74 Å². The monoisotopic (exact) mass is 271 g/mol.